The Labute approximate surface area is 131 Å². The number of amides is 2. The molecule has 0 heterocycles. The molecule has 0 fully saturated rings. The van der Waals surface area contributed by atoms with E-state index in [1.165, 1.54) is 11.8 Å². The molecule has 9 heteroatoms. The zero-order valence-electron chi connectivity index (χ0n) is 11.8. The van der Waals surface area contributed by atoms with Crippen LogP contribution in [0.15, 0.2) is 29.3 Å². The van der Waals surface area contributed by atoms with Gasteiger partial charge >= 0.3 is 12.0 Å². The molecule has 0 aliphatic heterocycles. The number of amidine groups is 1. The number of thioether (sulfide) groups is 1. The Hall–Kier alpha value is -2.73. The van der Waals surface area contributed by atoms with Crippen LogP contribution >= 0.6 is 11.8 Å². The van der Waals surface area contributed by atoms with Crippen molar-refractivity contribution in [1.29, 1.82) is 5.26 Å². The van der Waals surface area contributed by atoms with Crippen LogP contribution in [-0.2, 0) is 4.79 Å². The topological polar surface area (TPSA) is 127 Å². The van der Waals surface area contributed by atoms with Gasteiger partial charge in [-0.2, -0.15) is 5.26 Å². The molecule has 0 aliphatic carbocycles. The monoisotopic (exact) mass is 321 g/mol. The van der Waals surface area contributed by atoms with Crippen molar-refractivity contribution in [2.75, 3.05) is 18.1 Å². The lowest BCUT2D eigenvalue weighted by molar-refractivity contribution is -0.136. The molecule has 8 nitrogen and oxygen atoms in total. The Balaban J connectivity index is 2.56. The van der Waals surface area contributed by atoms with Gasteiger partial charge in [0.05, 0.1) is 12.1 Å². The summed E-state index contributed by atoms with van der Waals surface area (Å²) >= 11 is 1.30. The van der Waals surface area contributed by atoms with Crippen molar-refractivity contribution in [3.63, 3.8) is 0 Å². The zero-order chi connectivity index (χ0) is 16.4. The SMILES string of the molecule is CSC(=Nc1ccc(NC(=O)NCCC(=O)O)cc1)NC#N. The number of carbonyl (C=O) groups excluding carboxylic acids is 1. The number of urea groups is 1. The number of hydrogen-bond acceptors (Lipinski definition) is 5. The average molecular weight is 321 g/mol. The average Bonchev–Trinajstić information content (AvgIpc) is 2.48. The largest absolute Gasteiger partial charge is 0.481 e. The smallest absolute Gasteiger partial charge is 0.319 e. The van der Waals surface area contributed by atoms with Crippen LogP contribution in [0.3, 0.4) is 0 Å². The lowest BCUT2D eigenvalue weighted by atomic mass is 10.3. The first-order valence-corrected chi connectivity index (χ1v) is 7.42. The predicted molar refractivity (Wildman–Crippen MR) is 85.1 cm³/mol. The molecule has 22 heavy (non-hydrogen) atoms. The second-order valence-electron chi connectivity index (χ2n) is 3.93. The van der Waals surface area contributed by atoms with Crippen LogP contribution in [0.2, 0.25) is 0 Å². The Morgan fingerprint density at radius 3 is 2.59 bits per heavy atom. The molecule has 0 spiro atoms. The number of nitrogens with zero attached hydrogens (tertiary/aromatic N) is 2. The maximum absolute atomic E-state index is 11.5. The number of aliphatic imine (C=N–C) groups is 1. The highest BCUT2D eigenvalue weighted by atomic mass is 32.2. The summed E-state index contributed by atoms with van der Waals surface area (Å²) in [5, 5.41) is 24.9. The van der Waals surface area contributed by atoms with Gasteiger partial charge < -0.3 is 15.7 Å². The van der Waals surface area contributed by atoms with E-state index in [0.29, 0.717) is 16.5 Å². The van der Waals surface area contributed by atoms with Gasteiger partial charge in [-0.05, 0) is 30.5 Å². The van der Waals surface area contributed by atoms with Crippen molar-refractivity contribution in [2.24, 2.45) is 4.99 Å². The van der Waals surface area contributed by atoms with Crippen molar-refractivity contribution in [3.8, 4) is 6.19 Å². The van der Waals surface area contributed by atoms with Gasteiger partial charge in [-0.25, -0.2) is 9.79 Å². The number of carbonyl (C=O) groups is 2. The van der Waals surface area contributed by atoms with Gasteiger partial charge in [-0.3, -0.25) is 10.1 Å². The van der Waals surface area contributed by atoms with Crippen LogP contribution in [0.4, 0.5) is 16.2 Å². The van der Waals surface area contributed by atoms with Crippen molar-refractivity contribution >= 4 is 40.3 Å². The van der Waals surface area contributed by atoms with Crippen LogP contribution in [0, 0.1) is 11.5 Å². The normalized spacial score (nSPS) is 10.5. The quantitative estimate of drug-likeness (QED) is 0.283. The molecule has 0 saturated heterocycles. The van der Waals surface area contributed by atoms with E-state index in [9.17, 15) is 9.59 Å². The molecule has 0 radical (unpaired) electrons. The Kier molecular flexibility index (Phi) is 7.28. The van der Waals surface area contributed by atoms with Crippen LogP contribution in [0.1, 0.15) is 6.42 Å². The van der Waals surface area contributed by atoms with E-state index >= 15 is 0 Å². The highest BCUT2D eigenvalue weighted by Crippen LogP contribution is 2.17. The number of hydrogen-bond donors (Lipinski definition) is 4. The van der Waals surface area contributed by atoms with Crippen molar-refractivity contribution in [2.45, 2.75) is 6.42 Å². The highest BCUT2D eigenvalue weighted by molar-refractivity contribution is 8.13. The van der Waals surface area contributed by atoms with Gasteiger partial charge in [-0.15, -0.1) is 0 Å². The minimum Gasteiger partial charge on any atom is -0.481 e. The first-order chi connectivity index (χ1) is 10.5. The van der Waals surface area contributed by atoms with Gasteiger partial charge in [0, 0.05) is 12.2 Å². The van der Waals surface area contributed by atoms with Gasteiger partial charge in [0.15, 0.2) is 11.4 Å². The molecule has 1 aromatic rings. The van der Waals surface area contributed by atoms with Crippen molar-refractivity contribution in [1.82, 2.24) is 10.6 Å². The number of carboxylic acids is 1. The summed E-state index contributed by atoms with van der Waals surface area (Å²) in [7, 11) is 0. The number of aliphatic carboxylic acids is 1. The van der Waals surface area contributed by atoms with Crippen LogP contribution < -0.4 is 16.0 Å². The first-order valence-electron chi connectivity index (χ1n) is 6.19. The molecule has 0 aromatic heterocycles. The van der Waals surface area contributed by atoms with Crippen LogP contribution in [-0.4, -0.2) is 35.1 Å². The second kappa shape index (κ2) is 9.25. The van der Waals surface area contributed by atoms with Gasteiger partial charge in [0.25, 0.3) is 0 Å². The van der Waals surface area contributed by atoms with Crippen molar-refractivity contribution in [3.05, 3.63) is 24.3 Å². The molecule has 1 aromatic carbocycles. The lowest BCUT2D eigenvalue weighted by Gasteiger charge is -2.07. The van der Waals surface area contributed by atoms with E-state index in [0.717, 1.165) is 0 Å². The molecule has 0 saturated carbocycles. The van der Waals surface area contributed by atoms with E-state index in [4.69, 9.17) is 10.4 Å². The van der Waals surface area contributed by atoms with E-state index in [2.05, 4.69) is 20.9 Å². The van der Waals surface area contributed by atoms with Crippen molar-refractivity contribution < 1.29 is 14.7 Å². The lowest BCUT2D eigenvalue weighted by Crippen LogP contribution is -2.30. The molecular formula is C13H15N5O3S. The summed E-state index contributed by atoms with van der Waals surface area (Å²) in [6, 6.07) is 6.19. The summed E-state index contributed by atoms with van der Waals surface area (Å²) in [6.45, 7) is 0.0560. The summed E-state index contributed by atoms with van der Waals surface area (Å²) in [5.74, 6) is -0.974. The number of rotatable bonds is 5. The third kappa shape index (κ3) is 6.62. The standard InChI is InChI=1S/C13H15N5O3S/c1-22-13(16-8-14)18-10-4-2-9(3-5-10)17-12(21)15-7-6-11(19)20/h2-5H,6-7H2,1H3,(H,16,18)(H,19,20)(H2,15,17,21). The number of nitrogens with one attached hydrogen (secondary N) is 3. The van der Waals surface area contributed by atoms with Gasteiger partial charge in [0.2, 0.25) is 0 Å². The molecule has 0 bridgehead atoms. The molecule has 0 unspecified atom stereocenters. The fourth-order valence-electron chi connectivity index (χ4n) is 1.37. The molecule has 116 valence electrons. The maximum Gasteiger partial charge on any atom is 0.319 e. The van der Waals surface area contributed by atoms with E-state index in [-0.39, 0.29) is 13.0 Å². The van der Waals surface area contributed by atoms with Gasteiger partial charge in [-0.1, -0.05) is 11.8 Å². The number of nitriles is 1. The molecule has 1 rings (SSSR count). The van der Waals surface area contributed by atoms with Gasteiger partial charge in [0.1, 0.15) is 0 Å². The predicted octanol–water partition coefficient (Wildman–Crippen LogP) is 1.70. The van der Waals surface area contributed by atoms with Crippen LogP contribution in [0.5, 0.6) is 0 Å². The molecule has 2 amide bonds. The fourth-order valence-corrected chi connectivity index (χ4v) is 1.71. The van der Waals surface area contributed by atoms with E-state index in [1.807, 2.05) is 0 Å². The summed E-state index contributed by atoms with van der Waals surface area (Å²) in [6.07, 6.45) is 3.45. The maximum atomic E-state index is 11.5. The fraction of sp³-hybridized carbons (Fsp3) is 0.231. The Morgan fingerprint density at radius 2 is 2.05 bits per heavy atom. The van der Waals surface area contributed by atoms with E-state index in [1.54, 1.807) is 36.7 Å². The molecule has 0 aliphatic rings. The minimum atomic E-state index is -0.974. The summed E-state index contributed by atoms with van der Waals surface area (Å²) in [5.41, 5.74) is 1.18. The molecule has 4 N–H and O–H groups in total. The number of benzene rings is 1. The highest BCUT2D eigenvalue weighted by Gasteiger charge is 2.03. The molecule has 0 atom stereocenters. The third-order valence-corrected chi connectivity index (χ3v) is 2.92. The van der Waals surface area contributed by atoms with E-state index < -0.39 is 12.0 Å². The summed E-state index contributed by atoms with van der Waals surface area (Å²) < 4.78 is 0. The number of anilines is 1. The minimum absolute atomic E-state index is 0.0560. The number of carboxylic acid groups (broad SMARTS) is 1. The summed E-state index contributed by atoms with van der Waals surface area (Å²) in [4.78, 5) is 26.0. The third-order valence-electron chi connectivity index (χ3n) is 2.34. The second-order valence-corrected chi connectivity index (χ2v) is 4.72. The van der Waals surface area contributed by atoms with Crippen LogP contribution in [0.25, 0.3) is 0 Å². The molecular weight excluding hydrogens is 306 g/mol. The Morgan fingerprint density at radius 1 is 1.36 bits per heavy atom. The first kappa shape index (κ1) is 17.3. The Bertz CT molecular complexity index is 595. The zero-order valence-corrected chi connectivity index (χ0v) is 12.6.